The van der Waals surface area contributed by atoms with Gasteiger partial charge in [-0.15, -0.1) is 0 Å². The highest BCUT2D eigenvalue weighted by Crippen LogP contribution is 2.46. The van der Waals surface area contributed by atoms with Crippen LogP contribution in [-0.2, 0) is 4.79 Å². The summed E-state index contributed by atoms with van der Waals surface area (Å²) in [6, 6.07) is 2.75. The highest BCUT2D eigenvalue weighted by molar-refractivity contribution is 6.01. The van der Waals surface area contributed by atoms with Crippen LogP contribution in [-0.4, -0.2) is 45.1 Å². The van der Waals surface area contributed by atoms with Crippen LogP contribution in [0.15, 0.2) is 23.4 Å². The van der Waals surface area contributed by atoms with Gasteiger partial charge >= 0.3 is 6.03 Å². The first-order chi connectivity index (χ1) is 12.7. The molecule has 7 heteroatoms. The molecule has 0 saturated heterocycles. The SMILES string of the molecule is COc1cc(C2NC(=O)N(C)C3=C2C(=O)CC(C)(C)C3)cc(OC)c1OC. The molecule has 1 atom stereocenters. The molecule has 1 N–H and O–H groups in total. The average molecular weight is 374 g/mol. The number of rotatable bonds is 4. The summed E-state index contributed by atoms with van der Waals surface area (Å²) in [6.45, 7) is 4.09. The summed E-state index contributed by atoms with van der Waals surface area (Å²) in [5.41, 5.74) is 1.94. The van der Waals surface area contributed by atoms with Crippen molar-refractivity contribution in [1.29, 1.82) is 0 Å². The molecule has 1 aromatic carbocycles. The molecule has 146 valence electrons. The van der Waals surface area contributed by atoms with E-state index in [0.29, 0.717) is 41.2 Å². The van der Waals surface area contributed by atoms with E-state index in [-0.39, 0.29) is 17.2 Å². The molecule has 1 aliphatic heterocycles. The number of amides is 2. The Morgan fingerprint density at radius 2 is 1.63 bits per heavy atom. The predicted octanol–water partition coefficient (Wildman–Crippen LogP) is 3.05. The van der Waals surface area contributed by atoms with Crippen molar-refractivity contribution in [2.75, 3.05) is 28.4 Å². The zero-order valence-electron chi connectivity index (χ0n) is 16.6. The number of carbonyl (C=O) groups excluding carboxylic acids is 2. The molecule has 27 heavy (non-hydrogen) atoms. The van der Waals surface area contributed by atoms with Gasteiger partial charge in [0, 0.05) is 24.7 Å². The third-order valence-electron chi connectivity index (χ3n) is 5.18. The van der Waals surface area contributed by atoms with Crippen LogP contribution in [0.5, 0.6) is 17.2 Å². The number of carbonyl (C=O) groups is 2. The van der Waals surface area contributed by atoms with E-state index < -0.39 is 6.04 Å². The van der Waals surface area contributed by atoms with Crippen LogP contribution in [0, 0.1) is 5.41 Å². The number of Topliss-reactive ketones (excluding diaryl/α,β-unsaturated/α-hetero) is 1. The number of hydrogen-bond donors (Lipinski definition) is 1. The van der Waals surface area contributed by atoms with Crippen LogP contribution in [0.25, 0.3) is 0 Å². The van der Waals surface area contributed by atoms with Crippen molar-refractivity contribution in [3.05, 3.63) is 29.0 Å². The van der Waals surface area contributed by atoms with E-state index in [9.17, 15) is 9.59 Å². The molecule has 0 spiro atoms. The Bertz CT molecular complexity index is 803. The third kappa shape index (κ3) is 3.22. The van der Waals surface area contributed by atoms with Gasteiger partial charge in [0.25, 0.3) is 0 Å². The third-order valence-corrected chi connectivity index (χ3v) is 5.18. The van der Waals surface area contributed by atoms with Gasteiger partial charge in [-0.05, 0) is 29.5 Å². The topological polar surface area (TPSA) is 77.1 Å². The van der Waals surface area contributed by atoms with E-state index >= 15 is 0 Å². The van der Waals surface area contributed by atoms with E-state index in [0.717, 1.165) is 5.70 Å². The van der Waals surface area contributed by atoms with E-state index in [4.69, 9.17) is 14.2 Å². The summed E-state index contributed by atoms with van der Waals surface area (Å²) in [5, 5.41) is 2.94. The first kappa shape index (κ1) is 19.1. The molecule has 3 rings (SSSR count). The quantitative estimate of drug-likeness (QED) is 0.876. The van der Waals surface area contributed by atoms with Crippen molar-refractivity contribution < 1.29 is 23.8 Å². The van der Waals surface area contributed by atoms with E-state index in [2.05, 4.69) is 5.32 Å². The molecule has 0 saturated carbocycles. The van der Waals surface area contributed by atoms with Gasteiger partial charge in [0.05, 0.1) is 27.4 Å². The molecule has 2 aliphatic rings. The maximum atomic E-state index is 13.0. The fourth-order valence-electron chi connectivity index (χ4n) is 3.86. The second-order valence-electron chi connectivity index (χ2n) is 7.70. The van der Waals surface area contributed by atoms with Crippen LogP contribution in [0.2, 0.25) is 0 Å². The molecule has 0 aromatic heterocycles. The number of ether oxygens (including phenoxy) is 3. The second-order valence-corrected chi connectivity index (χ2v) is 7.70. The number of urea groups is 1. The zero-order chi connectivity index (χ0) is 19.9. The summed E-state index contributed by atoms with van der Waals surface area (Å²) in [4.78, 5) is 27.1. The lowest BCUT2D eigenvalue weighted by molar-refractivity contribution is -0.118. The Morgan fingerprint density at radius 3 is 2.15 bits per heavy atom. The number of hydrogen-bond acceptors (Lipinski definition) is 5. The second kappa shape index (κ2) is 6.79. The van der Waals surface area contributed by atoms with Crippen LogP contribution in [0.4, 0.5) is 4.79 Å². The van der Waals surface area contributed by atoms with Gasteiger partial charge in [0.15, 0.2) is 17.3 Å². The van der Waals surface area contributed by atoms with Crippen molar-refractivity contribution in [1.82, 2.24) is 10.2 Å². The zero-order valence-corrected chi connectivity index (χ0v) is 16.6. The highest BCUT2D eigenvalue weighted by Gasteiger charge is 2.43. The van der Waals surface area contributed by atoms with E-state index in [1.807, 2.05) is 13.8 Å². The van der Waals surface area contributed by atoms with E-state index in [1.54, 1.807) is 24.1 Å². The van der Waals surface area contributed by atoms with Crippen LogP contribution >= 0.6 is 0 Å². The Balaban J connectivity index is 2.17. The molecule has 1 aromatic rings. The molecule has 0 fully saturated rings. The average Bonchev–Trinajstić information content (AvgIpc) is 2.62. The smallest absolute Gasteiger partial charge is 0.322 e. The largest absolute Gasteiger partial charge is 0.493 e. The Labute approximate surface area is 159 Å². The minimum absolute atomic E-state index is 0.0480. The Kier molecular flexibility index (Phi) is 4.80. The van der Waals surface area contributed by atoms with Gasteiger partial charge in [0.2, 0.25) is 5.75 Å². The molecule has 1 heterocycles. The molecular weight excluding hydrogens is 348 g/mol. The molecular formula is C20H26N2O5. The van der Waals surface area contributed by atoms with Crippen LogP contribution in [0.3, 0.4) is 0 Å². The maximum Gasteiger partial charge on any atom is 0.322 e. The summed E-state index contributed by atoms with van der Waals surface area (Å²) >= 11 is 0. The number of nitrogens with zero attached hydrogens (tertiary/aromatic N) is 1. The first-order valence-corrected chi connectivity index (χ1v) is 8.82. The molecule has 7 nitrogen and oxygen atoms in total. The lowest BCUT2D eigenvalue weighted by atomic mass is 9.72. The van der Waals surface area contributed by atoms with E-state index in [1.165, 1.54) is 21.3 Å². The lowest BCUT2D eigenvalue weighted by Crippen LogP contribution is -2.49. The normalized spacial score (nSPS) is 21.6. The molecule has 1 aliphatic carbocycles. The summed E-state index contributed by atoms with van der Waals surface area (Å²) in [6.07, 6.45) is 1.11. The number of methoxy groups -OCH3 is 3. The number of allylic oxidation sites excluding steroid dienone is 1. The number of benzene rings is 1. The van der Waals surface area contributed by atoms with Crippen molar-refractivity contribution in [2.24, 2.45) is 5.41 Å². The molecule has 0 bridgehead atoms. The van der Waals surface area contributed by atoms with Gasteiger partial charge in [-0.25, -0.2) is 4.79 Å². The van der Waals surface area contributed by atoms with Crippen molar-refractivity contribution >= 4 is 11.8 Å². The fraction of sp³-hybridized carbons (Fsp3) is 0.500. The number of nitrogens with one attached hydrogen (secondary N) is 1. The number of ketones is 1. The maximum absolute atomic E-state index is 13.0. The summed E-state index contributed by atoms with van der Waals surface area (Å²) in [5.74, 6) is 1.47. The monoisotopic (exact) mass is 374 g/mol. The minimum atomic E-state index is -0.555. The Morgan fingerprint density at radius 1 is 1.04 bits per heavy atom. The Hall–Kier alpha value is -2.70. The summed E-state index contributed by atoms with van der Waals surface area (Å²) in [7, 11) is 6.30. The standard InChI is InChI=1S/C20H26N2O5/c1-20(2)9-12-16(13(23)10-20)17(21-19(24)22(12)3)11-7-14(25-4)18(27-6)15(8-11)26-5/h7-8,17H,9-10H2,1-6H3,(H,21,24). The molecule has 1 unspecified atom stereocenters. The predicted molar refractivity (Wildman–Crippen MR) is 100 cm³/mol. The van der Waals surface area contributed by atoms with Gasteiger partial charge in [-0.2, -0.15) is 0 Å². The van der Waals surface area contributed by atoms with Gasteiger partial charge < -0.3 is 24.4 Å². The van der Waals surface area contributed by atoms with Crippen molar-refractivity contribution in [3.63, 3.8) is 0 Å². The van der Waals surface area contributed by atoms with Gasteiger partial charge in [-0.1, -0.05) is 13.8 Å². The van der Waals surface area contributed by atoms with Gasteiger partial charge in [-0.3, -0.25) is 4.79 Å². The van der Waals surface area contributed by atoms with Crippen LogP contribution < -0.4 is 19.5 Å². The molecule has 0 radical (unpaired) electrons. The van der Waals surface area contributed by atoms with Gasteiger partial charge in [0.1, 0.15) is 0 Å². The van der Waals surface area contributed by atoms with Crippen LogP contribution in [0.1, 0.15) is 38.3 Å². The van der Waals surface area contributed by atoms with Crippen molar-refractivity contribution in [2.45, 2.75) is 32.7 Å². The minimum Gasteiger partial charge on any atom is -0.493 e. The first-order valence-electron chi connectivity index (χ1n) is 8.82. The van der Waals surface area contributed by atoms with Crippen molar-refractivity contribution in [3.8, 4) is 17.2 Å². The fourth-order valence-corrected chi connectivity index (χ4v) is 3.86. The molecule has 2 amide bonds. The lowest BCUT2D eigenvalue weighted by Gasteiger charge is -2.42. The summed E-state index contributed by atoms with van der Waals surface area (Å²) < 4.78 is 16.2. The highest BCUT2D eigenvalue weighted by atomic mass is 16.5.